The number of carbonyl (C=O) groups excluding carboxylic acids is 1. The summed E-state index contributed by atoms with van der Waals surface area (Å²) in [7, 11) is 3.57. The van der Waals surface area contributed by atoms with Crippen molar-refractivity contribution in [3.05, 3.63) is 29.8 Å². The van der Waals surface area contributed by atoms with Gasteiger partial charge in [0.15, 0.2) is 0 Å². The summed E-state index contributed by atoms with van der Waals surface area (Å²) in [6, 6.07) is 7.60. The van der Waals surface area contributed by atoms with E-state index in [1.54, 1.807) is 19.1 Å². The summed E-state index contributed by atoms with van der Waals surface area (Å²) < 4.78 is 0. The van der Waals surface area contributed by atoms with E-state index in [1.807, 2.05) is 24.3 Å². The van der Waals surface area contributed by atoms with Gasteiger partial charge in [-0.05, 0) is 18.1 Å². The number of para-hydroxylation sites is 1. The van der Waals surface area contributed by atoms with Crippen molar-refractivity contribution < 1.29 is 4.79 Å². The highest BCUT2D eigenvalue weighted by atomic mass is 16.2. The van der Waals surface area contributed by atoms with E-state index in [-0.39, 0.29) is 5.91 Å². The van der Waals surface area contributed by atoms with Crippen LogP contribution in [0.4, 0.5) is 5.69 Å². The Hall–Kier alpha value is -1.55. The number of hydrogen-bond donors (Lipinski definition) is 2. The molecule has 0 unspecified atom stereocenters. The fourth-order valence-electron chi connectivity index (χ4n) is 1.32. The molecule has 0 saturated heterocycles. The third-order valence-corrected chi connectivity index (χ3v) is 2.02. The molecule has 0 aliphatic rings. The van der Waals surface area contributed by atoms with Gasteiger partial charge in [-0.15, -0.1) is 0 Å². The Bertz CT molecular complexity index is 336. The second-order valence-electron chi connectivity index (χ2n) is 3.63. The zero-order valence-electron chi connectivity index (χ0n) is 9.16. The summed E-state index contributed by atoms with van der Waals surface area (Å²) in [6.45, 7) is 0. The minimum atomic E-state index is 0.00301. The van der Waals surface area contributed by atoms with Gasteiger partial charge in [-0.2, -0.15) is 0 Å². The van der Waals surface area contributed by atoms with E-state index in [1.165, 1.54) is 0 Å². The maximum absolute atomic E-state index is 11.3. The summed E-state index contributed by atoms with van der Waals surface area (Å²) >= 11 is 0. The molecule has 0 aromatic heterocycles. The maximum atomic E-state index is 11.3. The molecule has 1 amide bonds. The van der Waals surface area contributed by atoms with Crippen molar-refractivity contribution in [2.75, 3.05) is 19.8 Å². The molecule has 0 saturated carbocycles. The van der Waals surface area contributed by atoms with E-state index in [9.17, 15) is 4.79 Å². The molecule has 3 N–H and O–H groups in total. The molecular weight excluding hydrogens is 190 g/mol. The van der Waals surface area contributed by atoms with Gasteiger partial charge in [0, 0.05) is 26.2 Å². The highest BCUT2D eigenvalue weighted by Gasteiger charge is 2.04. The van der Waals surface area contributed by atoms with Crippen LogP contribution in [0.1, 0.15) is 12.0 Å². The van der Waals surface area contributed by atoms with Crippen LogP contribution in [0.3, 0.4) is 0 Å². The zero-order chi connectivity index (χ0) is 11.3. The molecule has 0 aliphatic heterocycles. The number of carbonyl (C=O) groups is 1. The van der Waals surface area contributed by atoms with Gasteiger partial charge in [0.2, 0.25) is 5.91 Å². The number of anilines is 1. The van der Waals surface area contributed by atoms with Crippen molar-refractivity contribution in [3.63, 3.8) is 0 Å². The topological polar surface area (TPSA) is 58.4 Å². The van der Waals surface area contributed by atoms with Crippen LogP contribution in [-0.4, -0.2) is 25.0 Å². The summed E-state index contributed by atoms with van der Waals surface area (Å²) in [6.07, 6.45) is 1.12. The highest BCUT2D eigenvalue weighted by molar-refractivity contribution is 5.75. The van der Waals surface area contributed by atoms with E-state index in [2.05, 4.69) is 5.43 Å². The lowest BCUT2D eigenvalue weighted by Gasteiger charge is -2.11. The van der Waals surface area contributed by atoms with E-state index >= 15 is 0 Å². The fraction of sp³-hybridized carbons (Fsp3) is 0.364. The van der Waals surface area contributed by atoms with Gasteiger partial charge in [-0.3, -0.25) is 10.2 Å². The standard InChI is InChI=1S/C11H17N3O/c1-14(2)13-11(15)8-7-9-5-3-4-6-10(9)12/h3-6H,7-8,12H2,1-2H3,(H,13,15). The first kappa shape index (κ1) is 11.5. The first-order valence-electron chi connectivity index (χ1n) is 4.90. The molecule has 0 spiro atoms. The lowest BCUT2D eigenvalue weighted by atomic mass is 10.1. The Balaban J connectivity index is 2.44. The molecule has 1 aromatic rings. The molecular formula is C11H17N3O. The highest BCUT2D eigenvalue weighted by Crippen LogP contribution is 2.12. The molecule has 4 nitrogen and oxygen atoms in total. The van der Waals surface area contributed by atoms with Crippen LogP contribution in [-0.2, 0) is 11.2 Å². The number of aryl methyl sites for hydroxylation is 1. The fourth-order valence-corrected chi connectivity index (χ4v) is 1.32. The molecule has 1 aromatic carbocycles. The number of rotatable bonds is 4. The molecule has 0 fully saturated rings. The van der Waals surface area contributed by atoms with Crippen molar-refractivity contribution >= 4 is 11.6 Å². The van der Waals surface area contributed by atoms with Gasteiger partial charge in [-0.25, -0.2) is 5.01 Å². The van der Waals surface area contributed by atoms with Crippen LogP contribution < -0.4 is 11.2 Å². The molecule has 0 radical (unpaired) electrons. The van der Waals surface area contributed by atoms with Crippen LogP contribution in [0.15, 0.2) is 24.3 Å². The lowest BCUT2D eigenvalue weighted by molar-refractivity contribution is -0.124. The van der Waals surface area contributed by atoms with Gasteiger partial charge in [0.1, 0.15) is 0 Å². The Kier molecular flexibility index (Phi) is 4.12. The van der Waals surface area contributed by atoms with Crippen molar-refractivity contribution in [2.24, 2.45) is 0 Å². The van der Waals surface area contributed by atoms with Crippen LogP contribution in [0, 0.1) is 0 Å². The molecule has 4 heteroatoms. The Morgan fingerprint density at radius 1 is 1.40 bits per heavy atom. The molecule has 0 bridgehead atoms. The van der Waals surface area contributed by atoms with E-state index < -0.39 is 0 Å². The second-order valence-corrected chi connectivity index (χ2v) is 3.63. The summed E-state index contributed by atoms with van der Waals surface area (Å²) in [5.74, 6) is 0.00301. The molecule has 0 atom stereocenters. The molecule has 0 heterocycles. The minimum absolute atomic E-state index is 0.00301. The smallest absolute Gasteiger partial charge is 0.234 e. The van der Waals surface area contributed by atoms with Gasteiger partial charge in [0.05, 0.1) is 0 Å². The summed E-state index contributed by atoms with van der Waals surface area (Å²) in [5.41, 5.74) is 10.2. The van der Waals surface area contributed by atoms with Crippen LogP contribution in [0.5, 0.6) is 0 Å². The first-order chi connectivity index (χ1) is 7.09. The SMILES string of the molecule is CN(C)NC(=O)CCc1ccccc1N. The average molecular weight is 207 g/mol. The van der Waals surface area contributed by atoms with Crippen molar-refractivity contribution in [2.45, 2.75) is 12.8 Å². The number of amides is 1. The van der Waals surface area contributed by atoms with Gasteiger partial charge >= 0.3 is 0 Å². The predicted molar refractivity (Wildman–Crippen MR) is 61.0 cm³/mol. The van der Waals surface area contributed by atoms with E-state index in [4.69, 9.17) is 5.73 Å². The van der Waals surface area contributed by atoms with E-state index in [0.29, 0.717) is 12.8 Å². The first-order valence-corrected chi connectivity index (χ1v) is 4.90. The van der Waals surface area contributed by atoms with Crippen LogP contribution in [0.25, 0.3) is 0 Å². The zero-order valence-corrected chi connectivity index (χ0v) is 9.16. The van der Waals surface area contributed by atoms with E-state index in [0.717, 1.165) is 11.3 Å². The number of benzene rings is 1. The van der Waals surface area contributed by atoms with Gasteiger partial charge in [0.25, 0.3) is 0 Å². The van der Waals surface area contributed by atoms with Crippen LogP contribution >= 0.6 is 0 Å². The molecule has 82 valence electrons. The average Bonchev–Trinajstić information content (AvgIpc) is 2.15. The number of nitrogens with zero attached hydrogens (tertiary/aromatic N) is 1. The van der Waals surface area contributed by atoms with Crippen LogP contribution in [0.2, 0.25) is 0 Å². The Labute approximate surface area is 90.0 Å². The third kappa shape index (κ3) is 3.99. The molecule has 1 rings (SSSR count). The van der Waals surface area contributed by atoms with Gasteiger partial charge < -0.3 is 5.73 Å². The van der Waals surface area contributed by atoms with Crippen molar-refractivity contribution in [1.29, 1.82) is 0 Å². The Morgan fingerprint density at radius 2 is 2.07 bits per heavy atom. The number of nitrogens with two attached hydrogens (primary N) is 1. The quantitative estimate of drug-likeness (QED) is 0.567. The minimum Gasteiger partial charge on any atom is -0.399 e. The molecule has 0 aliphatic carbocycles. The number of hydrogen-bond acceptors (Lipinski definition) is 3. The second kappa shape index (κ2) is 5.36. The lowest BCUT2D eigenvalue weighted by Crippen LogP contribution is -2.36. The monoisotopic (exact) mass is 207 g/mol. The number of nitrogens with one attached hydrogen (secondary N) is 1. The summed E-state index contributed by atoms with van der Waals surface area (Å²) in [5, 5.41) is 1.64. The van der Waals surface area contributed by atoms with Gasteiger partial charge in [-0.1, -0.05) is 18.2 Å². The van der Waals surface area contributed by atoms with Crippen molar-refractivity contribution in [1.82, 2.24) is 10.4 Å². The van der Waals surface area contributed by atoms with Crippen molar-refractivity contribution in [3.8, 4) is 0 Å². The number of nitrogen functional groups attached to an aromatic ring is 1. The maximum Gasteiger partial charge on any atom is 0.234 e. The number of hydrazine groups is 1. The predicted octanol–water partition coefficient (Wildman–Crippen LogP) is 0.794. The third-order valence-electron chi connectivity index (χ3n) is 2.02. The normalized spacial score (nSPS) is 10.3. The Morgan fingerprint density at radius 3 is 2.67 bits per heavy atom. The largest absolute Gasteiger partial charge is 0.399 e. The summed E-state index contributed by atoms with van der Waals surface area (Å²) in [4.78, 5) is 11.3. The molecule has 15 heavy (non-hydrogen) atoms.